The molecule has 1 N–H and O–H groups in total. The predicted molar refractivity (Wildman–Crippen MR) is 126 cm³/mol. The normalized spacial score (nSPS) is 10.8. The molecule has 1 aromatic heterocycles. The molecular weight excluding hydrogens is 410 g/mol. The number of likely N-dealkylation sites (N-methyl/N-ethyl adjacent to an activating group) is 1. The van der Waals surface area contributed by atoms with Crippen molar-refractivity contribution in [3.63, 3.8) is 0 Å². The fourth-order valence-corrected chi connectivity index (χ4v) is 4.30. The molecule has 0 bridgehead atoms. The Morgan fingerprint density at radius 3 is 2.32 bits per heavy atom. The molecule has 2 amide bonds. The van der Waals surface area contributed by atoms with Crippen LogP contribution in [0.15, 0.2) is 59.6 Å². The molecule has 31 heavy (non-hydrogen) atoms. The summed E-state index contributed by atoms with van der Waals surface area (Å²) in [6.45, 7) is 7.10. The second kappa shape index (κ2) is 10.3. The molecule has 0 saturated carbocycles. The van der Waals surface area contributed by atoms with E-state index in [1.165, 1.54) is 18.7 Å². The van der Waals surface area contributed by atoms with Crippen molar-refractivity contribution < 1.29 is 14.4 Å². The first kappa shape index (κ1) is 22.6. The fraction of sp³-hybridized carbons (Fsp3) is 0.292. The number of aromatic nitrogens is 1. The van der Waals surface area contributed by atoms with Crippen molar-refractivity contribution in [1.29, 1.82) is 0 Å². The summed E-state index contributed by atoms with van der Waals surface area (Å²) in [4.78, 5) is 39.1. The molecule has 2 aromatic carbocycles. The Kier molecular flexibility index (Phi) is 7.52. The third-order valence-corrected chi connectivity index (χ3v) is 6.15. The van der Waals surface area contributed by atoms with Crippen LogP contribution in [0.1, 0.15) is 31.1 Å². The molecule has 0 fully saturated rings. The predicted octanol–water partition coefficient (Wildman–Crippen LogP) is 4.44. The number of hydrogen-bond acceptors (Lipinski definition) is 4. The van der Waals surface area contributed by atoms with Gasteiger partial charge in [-0.15, -0.1) is 11.8 Å². The van der Waals surface area contributed by atoms with Gasteiger partial charge in [-0.1, -0.05) is 18.2 Å². The minimum absolute atomic E-state index is 0.00991. The maximum absolute atomic E-state index is 12.6. The van der Waals surface area contributed by atoms with Crippen LogP contribution in [0.3, 0.4) is 0 Å². The van der Waals surface area contributed by atoms with Crippen molar-refractivity contribution >= 4 is 45.9 Å². The lowest BCUT2D eigenvalue weighted by molar-refractivity contribution is -0.131. The van der Waals surface area contributed by atoms with E-state index >= 15 is 0 Å². The Morgan fingerprint density at radius 2 is 1.68 bits per heavy atom. The molecule has 0 unspecified atom stereocenters. The van der Waals surface area contributed by atoms with E-state index in [4.69, 9.17) is 0 Å². The number of Topliss-reactive ketones (excluding diaryl/α,β-unsaturated/α-hetero) is 1. The van der Waals surface area contributed by atoms with E-state index < -0.39 is 0 Å². The Labute approximate surface area is 186 Å². The topological polar surface area (TPSA) is 71.4 Å². The van der Waals surface area contributed by atoms with E-state index in [9.17, 15) is 14.4 Å². The summed E-state index contributed by atoms with van der Waals surface area (Å²) in [7, 11) is 0. The number of carbonyl (C=O) groups is 3. The average Bonchev–Trinajstić information content (AvgIpc) is 3.11. The number of nitrogens with zero attached hydrogens (tertiary/aromatic N) is 2. The van der Waals surface area contributed by atoms with Crippen LogP contribution in [0.25, 0.3) is 10.9 Å². The largest absolute Gasteiger partial charge is 0.342 e. The highest BCUT2D eigenvalue weighted by molar-refractivity contribution is 8.00. The third-order valence-electron chi connectivity index (χ3n) is 5.11. The smallest absolute Gasteiger partial charge is 0.242 e. The van der Waals surface area contributed by atoms with Crippen LogP contribution >= 0.6 is 11.8 Å². The summed E-state index contributed by atoms with van der Waals surface area (Å²) in [5.41, 5.74) is 2.24. The van der Waals surface area contributed by atoms with E-state index in [2.05, 4.69) is 5.32 Å². The van der Waals surface area contributed by atoms with Gasteiger partial charge < -0.3 is 14.8 Å². The molecule has 0 atom stereocenters. The summed E-state index contributed by atoms with van der Waals surface area (Å²) in [5.74, 6) is 0.182. The van der Waals surface area contributed by atoms with Gasteiger partial charge >= 0.3 is 0 Å². The summed E-state index contributed by atoms with van der Waals surface area (Å²) in [5, 5.41) is 3.88. The number of nitrogens with one attached hydrogen (secondary N) is 1. The zero-order valence-corrected chi connectivity index (χ0v) is 18.9. The number of hydrogen-bond donors (Lipinski definition) is 1. The lowest BCUT2D eigenvalue weighted by atomic mass is 10.1. The number of anilines is 1. The Bertz CT molecular complexity index is 1090. The van der Waals surface area contributed by atoms with Crippen LogP contribution in [0.5, 0.6) is 0 Å². The molecule has 162 valence electrons. The van der Waals surface area contributed by atoms with Crippen molar-refractivity contribution in [3.05, 3.63) is 60.3 Å². The van der Waals surface area contributed by atoms with Crippen LogP contribution < -0.4 is 5.32 Å². The SMILES string of the molecule is CCN(CC)C(=O)Cn1cc(SCC(=O)Nc2ccc(C(C)=O)cc2)c2ccccc21. The number of fused-ring (bicyclic) bond motifs is 1. The molecule has 3 rings (SSSR count). The molecule has 6 nitrogen and oxygen atoms in total. The van der Waals surface area contributed by atoms with Crippen molar-refractivity contribution in [2.24, 2.45) is 0 Å². The van der Waals surface area contributed by atoms with Gasteiger partial charge in [0.05, 0.1) is 5.75 Å². The number of amides is 2. The van der Waals surface area contributed by atoms with E-state index in [0.29, 0.717) is 24.3 Å². The maximum Gasteiger partial charge on any atom is 0.242 e. The molecule has 0 saturated heterocycles. The molecule has 7 heteroatoms. The van der Waals surface area contributed by atoms with Crippen molar-refractivity contribution in [2.75, 3.05) is 24.2 Å². The van der Waals surface area contributed by atoms with Crippen molar-refractivity contribution in [2.45, 2.75) is 32.2 Å². The number of ketones is 1. The monoisotopic (exact) mass is 437 g/mol. The van der Waals surface area contributed by atoms with Crippen LogP contribution in [-0.2, 0) is 16.1 Å². The fourth-order valence-electron chi connectivity index (χ4n) is 3.41. The summed E-state index contributed by atoms with van der Waals surface area (Å²) >= 11 is 1.44. The van der Waals surface area contributed by atoms with Gasteiger partial charge in [-0.3, -0.25) is 14.4 Å². The van der Waals surface area contributed by atoms with Gasteiger partial charge in [-0.05, 0) is 51.1 Å². The third kappa shape index (κ3) is 5.55. The average molecular weight is 438 g/mol. The Morgan fingerprint density at radius 1 is 1.00 bits per heavy atom. The van der Waals surface area contributed by atoms with Gasteiger partial charge in [0.1, 0.15) is 6.54 Å². The van der Waals surface area contributed by atoms with Crippen LogP contribution in [-0.4, -0.2) is 45.9 Å². The van der Waals surface area contributed by atoms with Crippen molar-refractivity contribution in [1.82, 2.24) is 9.47 Å². The molecule has 0 radical (unpaired) electrons. The number of thioether (sulfide) groups is 1. The number of rotatable bonds is 9. The van der Waals surface area contributed by atoms with Crippen LogP contribution in [0.2, 0.25) is 0 Å². The summed E-state index contributed by atoms with van der Waals surface area (Å²) < 4.78 is 1.96. The molecule has 1 heterocycles. The summed E-state index contributed by atoms with van der Waals surface area (Å²) in [6.07, 6.45) is 1.95. The minimum Gasteiger partial charge on any atom is -0.342 e. The minimum atomic E-state index is -0.128. The molecule has 3 aromatic rings. The highest BCUT2D eigenvalue weighted by Crippen LogP contribution is 2.30. The van der Waals surface area contributed by atoms with Crippen molar-refractivity contribution in [3.8, 4) is 0 Å². The van der Waals surface area contributed by atoms with Crippen LogP contribution in [0.4, 0.5) is 5.69 Å². The molecule has 0 aliphatic heterocycles. The number of benzene rings is 2. The number of para-hydroxylation sites is 1. The zero-order chi connectivity index (χ0) is 22.4. The molecule has 0 spiro atoms. The highest BCUT2D eigenvalue weighted by atomic mass is 32.2. The first-order chi connectivity index (χ1) is 14.9. The second-order valence-electron chi connectivity index (χ2n) is 7.17. The Hall–Kier alpha value is -3.06. The van der Waals surface area contributed by atoms with E-state index in [1.54, 1.807) is 24.3 Å². The first-order valence-electron chi connectivity index (χ1n) is 10.3. The van der Waals surface area contributed by atoms with E-state index in [-0.39, 0.29) is 29.9 Å². The first-order valence-corrected chi connectivity index (χ1v) is 11.3. The van der Waals surface area contributed by atoms with E-state index in [0.717, 1.165) is 15.8 Å². The zero-order valence-electron chi connectivity index (χ0n) is 18.1. The van der Waals surface area contributed by atoms with Gasteiger partial charge in [0, 0.05) is 46.3 Å². The van der Waals surface area contributed by atoms with Gasteiger partial charge in [0.2, 0.25) is 11.8 Å². The van der Waals surface area contributed by atoms with Gasteiger partial charge in [0.15, 0.2) is 5.78 Å². The lowest BCUT2D eigenvalue weighted by Gasteiger charge is -2.19. The summed E-state index contributed by atoms with van der Waals surface area (Å²) in [6, 6.07) is 14.8. The molecular formula is C24H27N3O3S. The van der Waals surface area contributed by atoms with Gasteiger partial charge in [-0.25, -0.2) is 0 Å². The van der Waals surface area contributed by atoms with E-state index in [1.807, 2.05) is 53.8 Å². The maximum atomic E-state index is 12.6. The second-order valence-corrected chi connectivity index (χ2v) is 8.19. The highest BCUT2D eigenvalue weighted by Gasteiger charge is 2.15. The molecule has 0 aliphatic rings. The quantitative estimate of drug-likeness (QED) is 0.397. The van der Waals surface area contributed by atoms with Gasteiger partial charge in [-0.2, -0.15) is 0 Å². The Balaban J connectivity index is 1.69. The van der Waals surface area contributed by atoms with Gasteiger partial charge in [0.25, 0.3) is 0 Å². The molecule has 0 aliphatic carbocycles. The standard InChI is InChI=1S/C24H27N3O3S/c1-4-26(5-2)24(30)15-27-14-22(20-8-6-7-9-21(20)27)31-16-23(29)25-19-12-10-18(11-13-19)17(3)28/h6-14H,4-5,15-16H2,1-3H3,(H,25,29). The van der Waals surface area contributed by atoms with Crippen LogP contribution in [0, 0.1) is 0 Å². The lowest BCUT2D eigenvalue weighted by Crippen LogP contribution is -2.33. The number of carbonyl (C=O) groups excluding carboxylic acids is 3.